The van der Waals surface area contributed by atoms with Gasteiger partial charge in [0.1, 0.15) is 4.93 Å². The lowest BCUT2D eigenvalue weighted by atomic mass is 10.1. The third-order valence-corrected chi connectivity index (χ3v) is 3.83. The minimum atomic E-state index is 0.212. The summed E-state index contributed by atoms with van der Waals surface area (Å²) in [4.78, 5) is 0.212. The van der Waals surface area contributed by atoms with E-state index in [0.717, 1.165) is 13.2 Å². The van der Waals surface area contributed by atoms with E-state index in [1.54, 1.807) is 0 Å². The highest BCUT2D eigenvalue weighted by molar-refractivity contribution is 8.00. The zero-order chi connectivity index (χ0) is 7.57. The molecule has 0 amide bonds. The van der Waals surface area contributed by atoms with Crippen molar-refractivity contribution in [1.82, 2.24) is 5.32 Å². The van der Waals surface area contributed by atoms with Gasteiger partial charge >= 0.3 is 0 Å². The summed E-state index contributed by atoms with van der Waals surface area (Å²) in [5.41, 5.74) is 0. The average molecular weight is 173 g/mol. The molecule has 11 heavy (non-hydrogen) atoms. The summed E-state index contributed by atoms with van der Waals surface area (Å²) in [5, 5.41) is 3.41. The van der Waals surface area contributed by atoms with Gasteiger partial charge in [0.05, 0.1) is 6.61 Å². The monoisotopic (exact) mass is 173 g/mol. The maximum Gasteiger partial charge on any atom is 0.115 e. The molecule has 2 aliphatic rings. The van der Waals surface area contributed by atoms with Crippen LogP contribution in [0.4, 0.5) is 0 Å². The van der Waals surface area contributed by atoms with Gasteiger partial charge in [0, 0.05) is 5.75 Å². The van der Waals surface area contributed by atoms with Crippen molar-refractivity contribution >= 4 is 11.8 Å². The highest BCUT2D eigenvalue weighted by Gasteiger charge is 2.35. The van der Waals surface area contributed by atoms with Gasteiger partial charge in [-0.15, -0.1) is 11.8 Å². The Kier molecular flexibility index (Phi) is 2.39. The maximum absolute atomic E-state index is 5.78. The van der Waals surface area contributed by atoms with Crippen LogP contribution in [0.5, 0.6) is 0 Å². The summed E-state index contributed by atoms with van der Waals surface area (Å²) >= 11 is 2.02. The van der Waals surface area contributed by atoms with E-state index in [1.165, 1.54) is 31.6 Å². The van der Waals surface area contributed by atoms with Crippen LogP contribution in [0, 0.1) is 0 Å². The van der Waals surface area contributed by atoms with Crippen molar-refractivity contribution in [2.24, 2.45) is 0 Å². The summed E-state index contributed by atoms with van der Waals surface area (Å²) in [5.74, 6) is 1.19. The summed E-state index contributed by atoms with van der Waals surface area (Å²) in [6, 6.07) is 0. The molecule has 0 saturated carbocycles. The number of thioether (sulfide) groups is 1. The fourth-order valence-electron chi connectivity index (χ4n) is 1.80. The number of rotatable bonds is 0. The van der Waals surface area contributed by atoms with Crippen molar-refractivity contribution in [3.8, 4) is 0 Å². The Morgan fingerprint density at radius 3 is 3.09 bits per heavy atom. The highest BCUT2D eigenvalue weighted by Crippen LogP contribution is 2.40. The van der Waals surface area contributed by atoms with Gasteiger partial charge in [-0.3, -0.25) is 0 Å². The molecular formula is C8H15NOS. The van der Waals surface area contributed by atoms with Gasteiger partial charge in [0.2, 0.25) is 0 Å². The zero-order valence-electron chi connectivity index (χ0n) is 6.77. The predicted molar refractivity (Wildman–Crippen MR) is 47.9 cm³/mol. The van der Waals surface area contributed by atoms with E-state index < -0.39 is 0 Å². The lowest BCUT2D eigenvalue weighted by molar-refractivity contribution is 0.0428. The lowest BCUT2D eigenvalue weighted by Gasteiger charge is -2.24. The second kappa shape index (κ2) is 3.33. The number of hydrogen-bond donors (Lipinski definition) is 1. The quantitative estimate of drug-likeness (QED) is 0.595. The van der Waals surface area contributed by atoms with E-state index in [1.807, 2.05) is 11.8 Å². The first-order chi connectivity index (χ1) is 5.41. The summed E-state index contributed by atoms with van der Waals surface area (Å²) in [7, 11) is 0. The Morgan fingerprint density at radius 1 is 1.27 bits per heavy atom. The first kappa shape index (κ1) is 7.90. The Balaban J connectivity index is 1.97. The van der Waals surface area contributed by atoms with E-state index in [-0.39, 0.29) is 4.93 Å². The number of ether oxygens (including phenoxy) is 1. The van der Waals surface area contributed by atoms with Crippen molar-refractivity contribution in [2.45, 2.75) is 24.2 Å². The van der Waals surface area contributed by atoms with Gasteiger partial charge in [-0.05, 0) is 32.4 Å². The molecule has 0 bridgehead atoms. The summed E-state index contributed by atoms with van der Waals surface area (Å²) in [6.07, 6.45) is 3.70. The zero-order valence-corrected chi connectivity index (χ0v) is 7.58. The molecule has 2 fully saturated rings. The minimum Gasteiger partial charge on any atom is -0.363 e. The van der Waals surface area contributed by atoms with Crippen LogP contribution in [0.3, 0.4) is 0 Å². The Labute approximate surface area is 72.1 Å². The third kappa shape index (κ3) is 1.71. The van der Waals surface area contributed by atoms with Crippen LogP contribution in [-0.2, 0) is 4.74 Å². The molecule has 1 N–H and O–H groups in total. The molecule has 2 heterocycles. The normalized spacial score (nSPS) is 39.3. The Hall–Kier alpha value is 0.270. The van der Waals surface area contributed by atoms with Gasteiger partial charge in [-0.2, -0.15) is 0 Å². The first-order valence-corrected chi connectivity index (χ1v) is 5.39. The summed E-state index contributed by atoms with van der Waals surface area (Å²) in [6.45, 7) is 3.27. The van der Waals surface area contributed by atoms with Crippen molar-refractivity contribution in [2.75, 3.05) is 25.4 Å². The molecule has 64 valence electrons. The average Bonchev–Trinajstić information content (AvgIpc) is 2.32. The predicted octanol–water partition coefficient (Wildman–Crippen LogP) is 1.22. The molecule has 1 spiro atoms. The molecule has 2 rings (SSSR count). The molecule has 0 aliphatic carbocycles. The van der Waals surface area contributed by atoms with Crippen molar-refractivity contribution in [3.05, 3.63) is 0 Å². The minimum absolute atomic E-state index is 0.212. The topological polar surface area (TPSA) is 21.3 Å². The molecule has 0 aromatic carbocycles. The van der Waals surface area contributed by atoms with Crippen molar-refractivity contribution < 1.29 is 4.74 Å². The largest absolute Gasteiger partial charge is 0.363 e. The fraction of sp³-hybridized carbons (Fsp3) is 1.00. The van der Waals surface area contributed by atoms with Crippen LogP contribution >= 0.6 is 11.8 Å². The first-order valence-electron chi connectivity index (χ1n) is 4.40. The molecule has 3 heteroatoms. The molecule has 2 saturated heterocycles. The van der Waals surface area contributed by atoms with Crippen LogP contribution in [0.2, 0.25) is 0 Å². The smallest absolute Gasteiger partial charge is 0.115 e. The molecule has 0 aromatic heterocycles. The molecular weight excluding hydrogens is 158 g/mol. The van der Waals surface area contributed by atoms with Crippen LogP contribution in [0.25, 0.3) is 0 Å². The van der Waals surface area contributed by atoms with E-state index >= 15 is 0 Å². The standard InChI is InChI=1S/C8H15NOS/c1-2-8(3-5-9-4-1)10-6-7-11-8/h9H,1-7H2. The van der Waals surface area contributed by atoms with Gasteiger partial charge in [0.25, 0.3) is 0 Å². The second-order valence-corrected chi connectivity index (χ2v) is 4.65. The van der Waals surface area contributed by atoms with E-state index in [2.05, 4.69) is 5.32 Å². The molecule has 2 aliphatic heterocycles. The van der Waals surface area contributed by atoms with Crippen LogP contribution < -0.4 is 5.32 Å². The van der Waals surface area contributed by atoms with Crippen LogP contribution in [0.1, 0.15) is 19.3 Å². The third-order valence-electron chi connectivity index (χ3n) is 2.41. The van der Waals surface area contributed by atoms with Crippen molar-refractivity contribution in [3.63, 3.8) is 0 Å². The molecule has 1 unspecified atom stereocenters. The Morgan fingerprint density at radius 2 is 2.27 bits per heavy atom. The lowest BCUT2D eigenvalue weighted by Crippen LogP contribution is -2.25. The number of nitrogens with one attached hydrogen (secondary N) is 1. The second-order valence-electron chi connectivity index (χ2n) is 3.21. The maximum atomic E-state index is 5.78. The van der Waals surface area contributed by atoms with Gasteiger partial charge in [0.15, 0.2) is 0 Å². The molecule has 0 aromatic rings. The van der Waals surface area contributed by atoms with E-state index in [4.69, 9.17) is 4.74 Å². The van der Waals surface area contributed by atoms with Crippen LogP contribution in [0.15, 0.2) is 0 Å². The van der Waals surface area contributed by atoms with Crippen molar-refractivity contribution in [1.29, 1.82) is 0 Å². The van der Waals surface area contributed by atoms with Gasteiger partial charge < -0.3 is 10.1 Å². The van der Waals surface area contributed by atoms with E-state index in [0.29, 0.717) is 0 Å². The Bertz CT molecular complexity index is 124. The number of hydrogen-bond acceptors (Lipinski definition) is 3. The SMILES string of the molecule is C1CNCCC2(C1)OCCS2. The molecule has 1 atom stereocenters. The summed E-state index contributed by atoms with van der Waals surface area (Å²) < 4.78 is 5.78. The fourth-order valence-corrected chi connectivity index (χ4v) is 3.04. The van der Waals surface area contributed by atoms with Crippen LogP contribution in [-0.4, -0.2) is 30.4 Å². The van der Waals surface area contributed by atoms with Gasteiger partial charge in [-0.25, -0.2) is 0 Å². The van der Waals surface area contributed by atoms with Gasteiger partial charge in [-0.1, -0.05) is 0 Å². The highest BCUT2D eigenvalue weighted by atomic mass is 32.2. The molecule has 2 nitrogen and oxygen atoms in total. The molecule has 0 radical (unpaired) electrons. The van der Waals surface area contributed by atoms with E-state index in [9.17, 15) is 0 Å².